The number of amides is 1. The number of aryl methyl sites for hydroxylation is 1. The first-order chi connectivity index (χ1) is 16.2. The Morgan fingerprint density at radius 1 is 1.24 bits per heavy atom. The van der Waals surface area contributed by atoms with E-state index in [1.165, 1.54) is 21.3 Å². The lowest BCUT2D eigenvalue weighted by molar-refractivity contribution is -0.730. The fraction of sp³-hybridized carbons (Fsp3) is 0.238. The van der Waals surface area contributed by atoms with Crippen molar-refractivity contribution in [2.75, 3.05) is 25.3 Å². The van der Waals surface area contributed by atoms with Crippen LogP contribution in [0.1, 0.15) is 18.1 Å². The van der Waals surface area contributed by atoms with E-state index in [1.807, 2.05) is 12.1 Å². The summed E-state index contributed by atoms with van der Waals surface area (Å²) in [7, 11) is 4.40. The summed E-state index contributed by atoms with van der Waals surface area (Å²) in [6.45, 7) is 1.60. The zero-order chi connectivity index (χ0) is 25.0. The third kappa shape index (κ3) is 4.65. The van der Waals surface area contributed by atoms with Crippen LogP contribution in [0.4, 0.5) is 11.5 Å². The molecular formula is C21H19N7O5S. The first-order valence-electron chi connectivity index (χ1n) is 9.61. The summed E-state index contributed by atoms with van der Waals surface area (Å²) >= 11 is 0.939. The number of ether oxygens (including phenoxy) is 2. The number of carbonyl (C=O) groups is 1. The minimum Gasteiger partial charge on any atom is -0.539 e. The molecule has 174 valence electrons. The maximum Gasteiger partial charge on any atom is 0.266 e. The number of methoxy groups -OCH3 is 2. The van der Waals surface area contributed by atoms with E-state index in [9.17, 15) is 20.4 Å². The SMILES string of the molecule is COc1cc(NC(=O)C(C)Sc2nc(N)c(C#N)c(-c3c([O-])on[n+]3C)c2C#N)cc(OC)c1. The van der Waals surface area contributed by atoms with Gasteiger partial charge >= 0.3 is 0 Å². The molecule has 2 aromatic heterocycles. The number of aromatic nitrogens is 3. The highest BCUT2D eigenvalue weighted by Crippen LogP contribution is 2.38. The van der Waals surface area contributed by atoms with Crippen LogP contribution in [0.3, 0.4) is 0 Å². The highest BCUT2D eigenvalue weighted by Gasteiger charge is 2.30. The fourth-order valence-corrected chi connectivity index (χ4v) is 3.96. The zero-order valence-corrected chi connectivity index (χ0v) is 19.4. The van der Waals surface area contributed by atoms with Gasteiger partial charge in [-0.2, -0.15) is 10.5 Å². The van der Waals surface area contributed by atoms with Crippen molar-refractivity contribution < 1.29 is 28.6 Å². The third-order valence-corrected chi connectivity index (χ3v) is 5.78. The van der Waals surface area contributed by atoms with Gasteiger partial charge in [-0.3, -0.25) is 4.79 Å². The molecule has 2 heterocycles. The normalized spacial score (nSPS) is 11.2. The molecule has 0 bridgehead atoms. The van der Waals surface area contributed by atoms with Crippen LogP contribution in [0, 0.1) is 22.7 Å². The van der Waals surface area contributed by atoms with Gasteiger partial charge in [0.2, 0.25) is 5.91 Å². The van der Waals surface area contributed by atoms with Crippen molar-refractivity contribution in [1.82, 2.24) is 10.3 Å². The van der Waals surface area contributed by atoms with Gasteiger partial charge in [0.25, 0.3) is 5.69 Å². The van der Waals surface area contributed by atoms with Gasteiger partial charge in [0.05, 0.1) is 35.9 Å². The van der Waals surface area contributed by atoms with Gasteiger partial charge in [0.1, 0.15) is 40.0 Å². The van der Waals surface area contributed by atoms with Gasteiger partial charge in [-0.25, -0.2) is 4.98 Å². The predicted molar refractivity (Wildman–Crippen MR) is 118 cm³/mol. The molecule has 3 aromatic rings. The Labute approximate surface area is 198 Å². The van der Waals surface area contributed by atoms with Crippen molar-refractivity contribution in [3.8, 4) is 40.8 Å². The lowest BCUT2D eigenvalue weighted by atomic mass is 10.0. The minimum atomic E-state index is -0.852. The molecule has 1 unspecified atom stereocenters. The van der Waals surface area contributed by atoms with E-state index in [1.54, 1.807) is 25.1 Å². The fourth-order valence-electron chi connectivity index (χ4n) is 3.04. The topological polar surface area (TPSA) is 187 Å². The molecule has 3 N–H and O–H groups in total. The van der Waals surface area contributed by atoms with Crippen LogP contribution in [-0.2, 0) is 11.8 Å². The van der Waals surface area contributed by atoms with Crippen molar-refractivity contribution in [2.24, 2.45) is 7.05 Å². The van der Waals surface area contributed by atoms with E-state index in [0.717, 1.165) is 16.4 Å². The van der Waals surface area contributed by atoms with Crippen LogP contribution < -0.4 is 30.3 Å². The van der Waals surface area contributed by atoms with Gasteiger partial charge in [0.15, 0.2) is 13.0 Å². The van der Waals surface area contributed by atoms with Gasteiger partial charge < -0.3 is 30.2 Å². The first kappa shape index (κ1) is 24.2. The molecule has 0 saturated heterocycles. The van der Waals surface area contributed by atoms with E-state index in [4.69, 9.17) is 15.2 Å². The highest BCUT2D eigenvalue weighted by molar-refractivity contribution is 8.00. The molecule has 34 heavy (non-hydrogen) atoms. The Bertz CT molecular complexity index is 1300. The summed E-state index contributed by atoms with van der Waals surface area (Å²) in [4.78, 5) is 17.0. The van der Waals surface area contributed by atoms with E-state index in [-0.39, 0.29) is 33.2 Å². The number of hydrogen-bond donors (Lipinski definition) is 2. The quantitative estimate of drug-likeness (QED) is 0.363. The number of thioether (sulfide) groups is 1. The molecule has 0 saturated carbocycles. The average molecular weight is 481 g/mol. The highest BCUT2D eigenvalue weighted by atomic mass is 32.2. The number of hydrogen-bond acceptors (Lipinski definition) is 11. The Kier molecular flexibility index (Phi) is 7.09. The largest absolute Gasteiger partial charge is 0.539 e. The number of nitrogens with one attached hydrogen (secondary N) is 1. The van der Waals surface area contributed by atoms with Crippen molar-refractivity contribution in [1.29, 1.82) is 10.5 Å². The summed E-state index contributed by atoms with van der Waals surface area (Å²) in [6, 6.07) is 8.73. The lowest BCUT2D eigenvalue weighted by Gasteiger charge is -2.15. The molecule has 1 atom stereocenters. The van der Waals surface area contributed by atoms with Crippen LogP contribution in [0.2, 0.25) is 0 Å². The number of nitrogens with two attached hydrogens (primary N) is 1. The second-order valence-electron chi connectivity index (χ2n) is 6.83. The van der Waals surface area contributed by atoms with Crippen molar-refractivity contribution in [2.45, 2.75) is 17.2 Å². The summed E-state index contributed by atoms with van der Waals surface area (Å²) in [6.07, 6.45) is 0. The molecule has 1 aromatic carbocycles. The van der Waals surface area contributed by atoms with Crippen molar-refractivity contribution >= 4 is 29.2 Å². The predicted octanol–water partition coefficient (Wildman–Crippen LogP) is 1.10. The molecule has 0 aliphatic carbocycles. The molecule has 0 aliphatic heterocycles. The Morgan fingerprint density at radius 3 is 2.35 bits per heavy atom. The van der Waals surface area contributed by atoms with E-state index < -0.39 is 17.1 Å². The number of nitrogens with zero attached hydrogens (tertiary/aromatic N) is 5. The molecule has 1 amide bonds. The molecule has 3 rings (SSSR count). The number of nitriles is 2. The van der Waals surface area contributed by atoms with E-state index >= 15 is 0 Å². The molecule has 12 nitrogen and oxygen atoms in total. The van der Waals surface area contributed by atoms with E-state index in [0.29, 0.717) is 17.2 Å². The number of anilines is 2. The van der Waals surface area contributed by atoms with Gasteiger partial charge in [-0.05, 0) is 6.92 Å². The first-order valence-corrected chi connectivity index (χ1v) is 10.5. The van der Waals surface area contributed by atoms with Crippen LogP contribution in [0.15, 0.2) is 27.7 Å². The number of carbonyl (C=O) groups excluding carboxylic acids is 1. The Hall–Kier alpha value is -4.49. The zero-order valence-electron chi connectivity index (χ0n) is 18.6. The Balaban J connectivity index is 1.98. The summed E-state index contributed by atoms with van der Waals surface area (Å²) in [5, 5.41) is 37.2. The summed E-state index contributed by atoms with van der Waals surface area (Å²) in [5.74, 6) is -0.485. The molecule has 0 aliphatic rings. The van der Waals surface area contributed by atoms with Crippen LogP contribution in [0.25, 0.3) is 11.3 Å². The number of nitrogen functional groups attached to an aromatic ring is 1. The maximum atomic E-state index is 12.9. The van der Waals surface area contributed by atoms with Crippen LogP contribution in [0.5, 0.6) is 17.4 Å². The molecule has 0 fully saturated rings. The summed E-state index contributed by atoms with van der Waals surface area (Å²) in [5.41, 5.74) is 5.93. The lowest BCUT2D eigenvalue weighted by Crippen LogP contribution is -2.32. The standard InChI is InChI=1S/C21H19N7O5S/c1-10(19(29)25-11-5-12(31-3)7-13(6-11)32-4)34-20-15(9-23)16(14(8-22)18(24)26-20)17-21(30)33-27-28(17)2/h5-7,10H,1-4H3,(H3-,24,25,26,27,29,30). The van der Waals surface area contributed by atoms with Crippen molar-refractivity contribution in [3.05, 3.63) is 29.3 Å². The number of rotatable bonds is 7. The number of benzene rings is 1. The van der Waals surface area contributed by atoms with Crippen LogP contribution in [-0.4, -0.2) is 35.6 Å². The van der Waals surface area contributed by atoms with Gasteiger partial charge in [-0.1, -0.05) is 16.4 Å². The smallest absolute Gasteiger partial charge is 0.266 e. The molecular weight excluding hydrogens is 462 g/mol. The second kappa shape index (κ2) is 9.97. The maximum absolute atomic E-state index is 12.9. The average Bonchev–Trinajstić information content (AvgIpc) is 3.15. The van der Waals surface area contributed by atoms with Gasteiger partial charge in [-0.15, -0.1) is 0 Å². The van der Waals surface area contributed by atoms with Crippen LogP contribution >= 0.6 is 11.8 Å². The number of pyridine rings is 1. The third-order valence-electron chi connectivity index (χ3n) is 4.69. The second-order valence-corrected chi connectivity index (χ2v) is 8.16. The van der Waals surface area contributed by atoms with Gasteiger partial charge in [0, 0.05) is 23.9 Å². The summed E-state index contributed by atoms with van der Waals surface area (Å²) < 4.78 is 16.1. The van der Waals surface area contributed by atoms with E-state index in [2.05, 4.69) is 20.1 Å². The Morgan fingerprint density at radius 2 is 1.85 bits per heavy atom. The van der Waals surface area contributed by atoms with Crippen molar-refractivity contribution in [3.63, 3.8) is 0 Å². The molecule has 13 heteroatoms. The molecule has 0 radical (unpaired) electrons. The molecule has 0 spiro atoms. The monoisotopic (exact) mass is 481 g/mol. The minimum absolute atomic E-state index is 0.0566.